The van der Waals surface area contributed by atoms with Crippen molar-refractivity contribution in [1.29, 1.82) is 0 Å². The summed E-state index contributed by atoms with van der Waals surface area (Å²) < 4.78 is 22.2. The van der Waals surface area contributed by atoms with Crippen molar-refractivity contribution >= 4 is 15.9 Å². The van der Waals surface area contributed by atoms with Crippen LogP contribution >= 0.6 is 0 Å². The van der Waals surface area contributed by atoms with Crippen molar-refractivity contribution in [2.24, 2.45) is 11.1 Å². The Hall–Kier alpha value is -1.40. The van der Waals surface area contributed by atoms with Crippen molar-refractivity contribution < 1.29 is 13.2 Å². The van der Waals surface area contributed by atoms with Gasteiger partial charge in [0.15, 0.2) is 0 Å². The number of benzene rings is 1. The first-order valence-electron chi connectivity index (χ1n) is 6.21. The molecule has 6 heteroatoms. The van der Waals surface area contributed by atoms with Gasteiger partial charge in [-0.2, -0.15) is 0 Å². The van der Waals surface area contributed by atoms with E-state index in [0.717, 1.165) is 5.56 Å². The van der Waals surface area contributed by atoms with Gasteiger partial charge in [0, 0.05) is 18.9 Å². The van der Waals surface area contributed by atoms with E-state index in [1.165, 1.54) is 0 Å². The molecular formula is C13H18N2O3S. The molecular weight excluding hydrogens is 264 g/mol. The molecule has 1 amide bonds. The average molecular weight is 282 g/mol. The van der Waals surface area contributed by atoms with E-state index in [-0.39, 0.29) is 30.0 Å². The molecule has 19 heavy (non-hydrogen) atoms. The molecule has 0 bridgehead atoms. The van der Waals surface area contributed by atoms with Crippen LogP contribution in [0.5, 0.6) is 0 Å². The van der Waals surface area contributed by atoms with Gasteiger partial charge in [0.25, 0.3) is 0 Å². The van der Waals surface area contributed by atoms with Crippen LogP contribution in [-0.4, -0.2) is 31.5 Å². The zero-order chi connectivity index (χ0) is 14.0. The molecule has 0 saturated carbocycles. The number of carbonyl (C=O) groups is 1. The number of sulfonamides is 1. The molecule has 1 aromatic rings. The molecule has 104 valence electrons. The van der Waals surface area contributed by atoms with E-state index in [9.17, 15) is 13.2 Å². The SMILES string of the molecule is C[C@@H](c1ccccc1)N1CC(CS(N)(=O)=O)CC1=O. The molecule has 1 aliphatic rings. The Kier molecular flexibility index (Phi) is 3.91. The first kappa shape index (κ1) is 14.0. The first-order valence-corrected chi connectivity index (χ1v) is 7.93. The first-order chi connectivity index (χ1) is 8.87. The summed E-state index contributed by atoms with van der Waals surface area (Å²) in [4.78, 5) is 13.7. The van der Waals surface area contributed by atoms with Gasteiger partial charge >= 0.3 is 0 Å². The highest BCUT2D eigenvalue weighted by molar-refractivity contribution is 7.89. The van der Waals surface area contributed by atoms with E-state index in [2.05, 4.69) is 0 Å². The highest BCUT2D eigenvalue weighted by Crippen LogP contribution is 2.28. The van der Waals surface area contributed by atoms with Gasteiger partial charge in [0.05, 0.1) is 11.8 Å². The molecule has 2 N–H and O–H groups in total. The van der Waals surface area contributed by atoms with Crippen molar-refractivity contribution in [1.82, 2.24) is 4.90 Å². The maximum absolute atomic E-state index is 12.0. The third-order valence-corrected chi connectivity index (χ3v) is 4.39. The van der Waals surface area contributed by atoms with Crippen molar-refractivity contribution in [3.63, 3.8) is 0 Å². The fraction of sp³-hybridized carbons (Fsp3) is 0.462. The van der Waals surface area contributed by atoms with Crippen LogP contribution in [0.25, 0.3) is 0 Å². The van der Waals surface area contributed by atoms with Gasteiger partial charge in [-0.05, 0) is 12.5 Å². The van der Waals surface area contributed by atoms with Crippen molar-refractivity contribution in [2.45, 2.75) is 19.4 Å². The maximum Gasteiger partial charge on any atom is 0.223 e. The van der Waals surface area contributed by atoms with E-state index in [4.69, 9.17) is 5.14 Å². The van der Waals surface area contributed by atoms with Crippen LogP contribution in [-0.2, 0) is 14.8 Å². The largest absolute Gasteiger partial charge is 0.336 e. The Morgan fingerprint density at radius 3 is 2.58 bits per heavy atom. The fourth-order valence-electron chi connectivity index (χ4n) is 2.53. The van der Waals surface area contributed by atoms with Crippen LogP contribution in [0.1, 0.15) is 24.9 Å². The van der Waals surface area contributed by atoms with E-state index in [0.29, 0.717) is 6.54 Å². The Morgan fingerprint density at radius 1 is 1.37 bits per heavy atom. The normalized spacial score (nSPS) is 21.7. The molecule has 5 nitrogen and oxygen atoms in total. The van der Waals surface area contributed by atoms with Gasteiger partial charge in [-0.25, -0.2) is 13.6 Å². The third kappa shape index (κ3) is 3.54. The van der Waals surface area contributed by atoms with Crippen LogP contribution in [0.3, 0.4) is 0 Å². The van der Waals surface area contributed by atoms with Crippen molar-refractivity contribution in [3.8, 4) is 0 Å². The van der Waals surface area contributed by atoms with Crippen LogP contribution in [0, 0.1) is 5.92 Å². The minimum Gasteiger partial charge on any atom is -0.336 e. The molecule has 2 rings (SSSR count). The number of nitrogens with two attached hydrogens (primary N) is 1. The lowest BCUT2D eigenvalue weighted by atomic mass is 10.1. The Bertz CT molecular complexity index is 557. The maximum atomic E-state index is 12.0. The molecule has 0 aliphatic carbocycles. The second-order valence-corrected chi connectivity index (χ2v) is 6.69. The number of hydrogen-bond donors (Lipinski definition) is 1. The van der Waals surface area contributed by atoms with Gasteiger partial charge in [-0.1, -0.05) is 30.3 Å². The van der Waals surface area contributed by atoms with Crippen LogP contribution in [0.2, 0.25) is 0 Å². The molecule has 2 atom stereocenters. The number of likely N-dealkylation sites (tertiary alicyclic amines) is 1. The Morgan fingerprint density at radius 2 is 2.00 bits per heavy atom. The number of amides is 1. The monoisotopic (exact) mass is 282 g/mol. The number of carbonyl (C=O) groups excluding carboxylic acids is 1. The highest BCUT2D eigenvalue weighted by Gasteiger charge is 2.34. The quantitative estimate of drug-likeness (QED) is 0.890. The lowest BCUT2D eigenvalue weighted by molar-refractivity contribution is -0.129. The number of primary sulfonamides is 1. The molecule has 0 spiro atoms. The molecule has 1 fully saturated rings. The van der Waals surface area contributed by atoms with Gasteiger partial charge in [0.2, 0.25) is 15.9 Å². The summed E-state index contributed by atoms with van der Waals surface area (Å²) in [6.45, 7) is 2.40. The Balaban J connectivity index is 2.08. The fourth-order valence-corrected chi connectivity index (χ4v) is 3.41. The highest BCUT2D eigenvalue weighted by atomic mass is 32.2. The minimum absolute atomic E-state index is 0.00926. The standard InChI is InChI=1S/C13H18N2O3S/c1-10(12-5-3-2-4-6-12)15-8-11(7-13(15)16)9-19(14,17)18/h2-6,10-11H,7-9H2,1H3,(H2,14,17,18)/t10-,11?/m0/s1. The summed E-state index contributed by atoms with van der Waals surface area (Å²) in [5.74, 6) is -0.338. The summed E-state index contributed by atoms with van der Waals surface area (Å²) in [5.41, 5.74) is 1.05. The van der Waals surface area contributed by atoms with Crippen molar-refractivity contribution in [3.05, 3.63) is 35.9 Å². The number of rotatable bonds is 4. The van der Waals surface area contributed by atoms with E-state index in [1.807, 2.05) is 37.3 Å². The van der Waals surface area contributed by atoms with E-state index >= 15 is 0 Å². The lowest BCUT2D eigenvalue weighted by Crippen LogP contribution is -2.30. The second-order valence-electron chi connectivity index (χ2n) is 5.03. The van der Waals surface area contributed by atoms with Crippen LogP contribution in [0.15, 0.2) is 30.3 Å². The third-order valence-electron chi connectivity index (χ3n) is 3.46. The van der Waals surface area contributed by atoms with Gasteiger partial charge in [0.1, 0.15) is 0 Å². The summed E-state index contributed by atoms with van der Waals surface area (Å²) >= 11 is 0. The molecule has 0 aromatic heterocycles. The molecule has 1 heterocycles. The van der Waals surface area contributed by atoms with Gasteiger partial charge < -0.3 is 4.90 Å². The summed E-state index contributed by atoms with van der Waals surface area (Å²) in [7, 11) is -3.52. The zero-order valence-corrected chi connectivity index (χ0v) is 11.6. The minimum atomic E-state index is -3.52. The summed E-state index contributed by atoms with van der Waals surface area (Å²) in [5, 5.41) is 5.04. The number of nitrogens with zero attached hydrogens (tertiary/aromatic N) is 1. The van der Waals surface area contributed by atoms with Crippen molar-refractivity contribution in [2.75, 3.05) is 12.3 Å². The van der Waals surface area contributed by atoms with Crippen LogP contribution in [0.4, 0.5) is 0 Å². The molecule has 0 radical (unpaired) electrons. The summed E-state index contributed by atoms with van der Waals surface area (Å²) in [6, 6.07) is 9.66. The average Bonchev–Trinajstić information content (AvgIpc) is 2.68. The lowest BCUT2D eigenvalue weighted by Gasteiger charge is -2.25. The van der Waals surface area contributed by atoms with Crippen LogP contribution < -0.4 is 5.14 Å². The smallest absolute Gasteiger partial charge is 0.223 e. The van der Waals surface area contributed by atoms with E-state index < -0.39 is 10.0 Å². The van der Waals surface area contributed by atoms with E-state index in [1.54, 1.807) is 4.90 Å². The second kappa shape index (κ2) is 5.30. The predicted molar refractivity (Wildman–Crippen MR) is 72.7 cm³/mol. The summed E-state index contributed by atoms with van der Waals surface area (Å²) in [6.07, 6.45) is 0.258. The topological polar surface area (TPSA) is 80.5 Å². The Labute approximate surface area is 113 Å². The zero-order valence-electron chi connectivity index (χ0n) is 10.8. The molecule has 1 aliphatic heterocycles. The van der Waals surface area contributed by atoms with Gasteiger partial charge in [-0.3, -0.25) is 4.79 Å². The molecule has 1 saturated heterocycles. The molecule has 1 aromatic carbocycles. The molecule has 1 unspecified atom stereocenters. The number of hydrogen-bond acceptors (Lipinski definition) is 3. The van der Waals surface area contributed by atoms with Gasteiger partial charge in [-0.15, -0.1) is 0 Å². The predicted octanol–water partition coefficient (Wildman–Crippen LogP) is 0.885.